The van der Waals surface area contributed by atoms with Gasteiger partial charge in [-0.05, 0) is 12.1 Å². The quantitative estimate of drug-likeness (QED) is 0.170. The van der Waals surface area contributed by atoms with Crippen LogP contribution in [-0.2, 0) is 0 Å². The van der Waals surface area contributed by atoms with Crippen LogP contribution in [0.15, 0.2) is 70.9 Å². The molecule has 0 aliphatic heterocycles. The van der Waals surface area contributed by atoms with Crippen molar-refractivity contribution in [2.75, 3.05) is 10.9 Å². The van der Waals surface area contributed by atoms with Gasteiger partial charge < -0.3 is 0 Å². The Morgan fingerprint density at radius 1 is 0.722 bits per heavy atom. The highest BCUT2D eigenvalue weighted by Crippen LogP contribution is 2.27. The lowest BCUT2D eigenvalue weighted by molar-refractivity contribution is -0.384. The van der Waals surface area contributed by atoms with Crippen molar-refractivity contribution >= 4 is 69.4 Å². The van der Waals surface area contributed by atoms with Crippen molar-refractivity contribution in [1.29, 1.82) is 0 Å². The summed E-state index contributed by atoms with van der Waals surface area (Å²) in [7, 11) is 0. The second kappa shape index (κ2) is 10.7. The largest absolute Gasteiger partial charge is 0.288 e. The van der Waals surface area contributed by atoms with Gasteiger partial charge in [0.2, 0.25) is 0 Å². The van der Waals surface area contributed by atoms with E-state index >= 15 is 0 Å². The Kier molecular flexibility index (Phi) is 7.28. The first kappa shape index (κ1) is 24.4. The van der Waals surface area contributed by atoms with Crippen LogP contribution >= 0.6 is 23.2 Å². The van der Waals surface area contributed by atoms with E-state index in [2.05, 4.69) is 31.3 Å². The van der Waals surface area contributed by atoms with Crippen molar-refractivity contribution < 1.29 is 9.85 Å². The van der Waals surface area contributed by atoms with E-state index < -0.39 is 9.85 Å². The number of nitrogens with zero attached hydrogens (tertiary/aromatic N) is 6. The third-order valence-corrected chi connectivity index (χ3v) is 5.43. The van der Waals surface area contributed by atoms with Gasteiger partial charge in [0.25, 0.3) is 11.4 Å². The number of hydrogen-bond donors (Lipinski definition) is 2. The summed E-state index contributed by atoms with van der Waals surface area (Å²) in [6.07, 6.45) is 2.78. The van der Waals surface area contributed by atoms with Crippen LogP contribution in [0.3, 0.4) is 0 Å². The molecule has 14 heteroatoms. The molecule has 0 saturated heterocycles. The fraction of sp³-hybridized carbons (Fsp3) is 0. The number of hydrazone groups is 2. The smallest absolute Gasteiger partial charge is 0.259 e. The number of aromatic nitrogens is 2. The fourth-order valence-electron chi connectivity index (χ4n) is 3.10. The fourth-order valence-corrected chi connectivity index (χ4v) is 3.48. The summed E-state index contributed by atoms with van der Waals surface area (Å²) in [6, 6.07) is 15.8. The van der Waals surface area contributed by atoms with Crippen LogP contribution in [0.4, 0.5) is 23.0 Å². The summed E-state index contributed by atoms with van der Waals surface area (Å²) in [6.45, 7) is 0. The number of anilines is 2. The molecule has 0 radical (unpaired) electrons. The third-order valence-electron chi connectivity index (χ3n) is 4.79. The van der Waals surface area contributed by atoms with Crippen LogP contribution in [0.2, 0.25) is 10.0 Å². The van der Waals surface area contributed by atoms with E-state index in [1.807, 2.05) is 0 Å². The van der Waals surface area contributed by atoms with Crippen molar-refractivity contribution in [2.45, 2.75) is 0 Å². The van der Waals surface area contributed by atoms with Gasteiger partial charge in [-0.15, -0.1) is 10.2 Å². The molecule has 1 heterocycles. The summed E-state index contributed by atoms with van der Waals surface area (Å²) < 4.78 is 0. The number of hydrogen-bond acceptors (Lipinski definition) is 10. The van der Waals surface area contributed by atoms with Gasteiger partial charge in [0, 0.05) is 34.0 Å². The molecule has 3 aromatic carbocycles. The maximum atomic E-state index is 11.1. The number of benzene rings is 3. The normalized spacial score (nSPS) is 11.3. The summed E-state index contributed by atoms with van der Waals surface area (Å²) in [5.41, 5.74) is 6.04. The van der Waals surface area contributed by atoms with Crippen LogP contribution in [0.5, 0.6) is 0 Å². The second-order valence-corrected chi connectivity index (χ2v) is 7.93. The summed E-state index contributed by atoms with van der Waals surface area (Å²) in [4.78, 5) is 21.0. The molecule has 0 fully saturated rings. The zero-order valence-corrected chi connectivity index (χ0v) is 19.5. The molecule has 180 valence electrons. The molecule has 1 aromatic heterocycles. The molecule has 0 saturated carbocycles. The Morgan fingerprint density at radius 3 is 1.53 bits per heavy atom. The van der Waals surface area contributed by atoms with E-state index in [0.29, 0.717) is 33.5 Å². The zero-order valence-electron chi connectivity index (χ0n) is 18.0. The number of nitro benzene ring substituents is 2. The van der Waals surface area contributed by atoms with Gasteiger partial charge in [-0.25, -0.2) is 0 Å². The number of fused-ring (bicyclic) bond motifs is 1. The van der Waals surface area contributed by atoms with E-state index in [-0.39, 0.29) is 21.4 Å². The summed E-state index contributed by atoms with van der Waals surface area (Å²) >= 11 is 11.7. The SMILES string of the molecule is O=[N+]([O-])c1cc(/C=N/Nc2nnc(N/N=C/c3ccc(Cl)c([N+](=O)[O-])c3)c3ccccc23)ccc1Cl. The molecule has 0 amide bonds. The van der Waals surface area contributed by atoms with E-state index in [1.54, 1.807) is 36.4 Å². The molecule has 4 aromatic rings. The first-order valence-electron chi connectivity index (χ1n) is 10.0. The van der Waals surface area contributed by atoms with Gasteiger partial charge in [0.15, 0.2) is 11.6 Å². The van der Waals surface area contributed by atoms with Gasteiger partial charge in [-0.1, -0.05) is 59.6 Å². The van der Waals surface area contributed by atoms with Crippen molar-refractivity contribution in [1.82, 2.24) is 10.2 Å². The van der Waals surface area contributed by atoms with Crippen LogP contribution < -0.4 is 10.9 Å². The average molecular weight is 525 g/mol. The van der Waals surface area contributed by atoms with Gasteiger partial charge in [-0.3, -0.25) is 31.1 Å². The first-order valence-corrected chi connectivity index (χ1v) is 10.8. The number of rotatable bonds is 8. The van der Waals surface area contributed by atoms with Crippen LogP contribution in [0.25, 0.3) is 10.8 Å². The lowest BCUT2D eigenvalue weighted by atomic mass is 10.2. The minimum atomic E-state index is -0.575. The second-order valence-electron chi connectivity index (χ2n) is 7.12. The third kappa shape index (κ3) is 5.51. The predicted octanol–water partition coefficient (Wildman–Crippen LogP) is 5.65. The molecule has 0 spiro atoms. The molecular weight excluding hydrogens is 511 g/mol. The van der Waals surface area contributed by atoms with Gasteiger partial charge >= 0.3 is 0 Å². The molecule has 4 rings (SSSR count). The summed E-state index contributed by atoms with van der Waals surface area (Å²) in [5.74, 6) is 0.682. The topological polar surface area (TPSA) is 161 Å². The maximum absolute atomic E-state index is 11.1. The average Bonchev–Trinajstić information content (AvgIpc) is 2.86. The minimum absolute atomic E-state index is 0.0296. The van der Waals surface area contributed by atoms with E-state index in [1.165, 1.54) is 36.7 Å². The van der Waals surface area contributed by atoms with Gasteiger partial charge in [0.1, 0.15) is 10.0 Å². The lowest BCUT2D eigenvalue weighted by Gasteiger charge is -2.08. The van der Waals surface area contributed by atoms with Crippen LogP contribution in [0, 0.1) is 20.2 Å². The number of nitro groups is 2. The van der Waals surface area contributed by atoms with Crippen molar-refractivity contribution in [3.63, 3.8) is 0 Å². The Labute approximate surface area is 212 Å². The maximum Gasteiger partial charge on any atom is 0.288 e. The van der Waals surface area contributed by atoms with E-state index in [4.69, 9.17) is 23.2 Å². The lowest BCUT2D eigenvalue weighted by Crippen LogP contribution is -2.02. The highest BCUT2D eigenvalue weighted by atomic mass is 35.5. The number of halogens is 2. The van der Waals surface area contributed by atoms with Gasteiger partial charge in [0.05, 0.1) is 22.3 Å². The minimum Gasteiger partial charge on any atom is -0.259 e. The summed E-state index contributed by atoms with van der Waals surface area (Å²) in [5, 5.41) is 39.9. The molecule has 0 aliphatic carbocycles. The Morgan fingerprint density at radius 2 is 1.14 bits per heavy atom. The highest BCUT2D eigenvalue weighted by Gasteiger charge is 2.13. The monoisotopic (exact) mass is 524 g/mol. The molecule has 0 bridgehead atoms. The van der Waals surface area contributed by atoms with Crippen LogP contribution in [0.1, 0.15) is 11.1 Å². The molecule has 2 N–H and O–H groups in total. The Bertz CT molecular complexity index is 1430. The molecule has 0 unspecified atom stereocenters. The van der Waals surface area contributed by atoms with Crippen molar-refractivity contribution in [2.24, 2.45) is 10.2 Å². The molecule has 0 aliphatic rings. The first-order chi connectivity index (χ1) is 17.3. The molecule has 12 nitrogen and oxygen atoms in total. The van der Waals surface area contributed by atoms with Crippen molar-refractivity contribution in [3.8, 4) is 0 Å². The zero-order chi connectivity index (χ0) is 25.7. The van der Waals surface area contributed by atoms with Gasteiger partial charge in [-0.2, -0.15) is 10.2 Å². The Hall–Kier alpha value is -4.68. The van der Waals surface area contributed by atoms with Crippen LogP contribution in [-0.4, -0.2) is 32.5 Å². The van der Waals surface area contributed by atoms with E-state index in [9.17, 15) is 20.2 Å². The number of nitrogens with one attached hydrogen (secondary N) is 2. The van der Waals surface area contributed by atoms with E-state index in [0.717, 1.165) is 0 Å². The standard InChI is InChI=1S/C22H14Cl2N8O4/c23-17-7-5-13(9-19(17)31(33)34)11-25-27-21-15-3-1-2-4-16(15)22(30-29-21)28-26-12-14-6-8-18(24)20(10-14)32(35)36/h1-12H,(H,27,29)(H,28,30)/b25-11+,26-12+. The molecule has 0 atom stereocenters. The van der Waals surface area contributed by atoms with Crippen molar-refractivity contribution in [3.05, 3.63) is 102 Å². The Balaban J connectivity index is 1.53. The predicted molar refractivity (Wildman–Crippen MR) is 138 cm³/mol. The molecular formula is C22H14Cl2N8O4. The highest BCUT2D eigenvalue weighted by molar-refractivity contribution is 6.33. The molecule has 36 heavy (non-hydrogen) atoms.